The van der Waals surface area contributed by atoms with Crippen LogP contribution >= 0.6 is 0 Å². The van der Waals surface area contributed by atoms with E-state index in [2.05, 4.69) is 4.98 Å². The molecule has 1 aliphatic rings. The minimum absolute atomic E-state index is 0.118. The lowest BCUT2D eigenvalue weighted by Gasteiger charge is -2.22. The highest BCUT2D eigenvalue weighted by atomic mass is 16.5. The third-order valence-electron chi connectivity index (χ3n) is 3.25. The molecule has 0 radical (unpaired) electrons. The summed E-state index contributed by atoms with van der Waals surface area (Å²) in [5.74, 6) is 0.0425. The molecule has 1 fully saturated rings. The molecule has 6 nitrogen and oxygen atoms in total. The number of benzene rings is 1. The van der Waals surface area contributed by atoms with E-state index in [1.165, 1.54) is 0 Å². The number of aromatic nitrogens is 1. The van der Waals surface area contributed by atoms with Gasteiger partial charge in [0.25, 0.3) is 0 Å². The number of nitrogens with two attached hydrogens (primary N) is 1. The number of rotatable bonds is 3. The van der Waals surface area contributed by atoms with Crippen LogP contribution in [0.4, 0.5) is 5.69 Å². The number of aromatic amines is 1. The van der Waals surface area contributed by atoms with Gasteiger partial charge in [0.05, 0.1) is 17.3 Å². The zero-order chi connectivity index (χ0) is 13.2. The Balaban J connectivity index is 1.76. The van der Waals surface area contributed by atoms with Gasteiger partial charge in [0.1, 0.15) is 12.4 Å². The third kappa shape index (κ3) is 2.58. The Morgan fingerprint density at radius 3 is 3.11 bits per heavy atom. The van der Waals surface area contributed by atoms with Crippen LogP contribution in [-0.4, -0.2) is 24.3 Å². The summed E-state index contributed by atoms with van der Waals surface area (Å²) in [7, 11) is 0. The van der Waals surface area contributed by atoms with Gasteiger partial charge in [0, 0.05) is 18.7 Å². The number of fused-ring (bicyclic) bond motifs is 1. The third-order valence-corrected chi connectivity index (χ3v) is 3.25. The Hall–Kier alpha value is -1.95. The molecule has 3 N–H and O–H groups in total. The molecule has 2 aromatic rings. The van der Waals surface area contributed by atoms with Gasteiger partial charge >= 0.3 is 5.76 Å². The first-order chi connectivity index (χ1) is 9.22. The molecule has 102 valence electrons. The predicted molar refractivity (Wildman–Crippen MR) is 70.3 cm³/mol. The van der Waals surface area contributed by atoms with Crippen molar-refractivity contribution in [2.75, 3.05) is 18.9 Å². The standard InChI is InChI=1S/C13H16N2O4/c14-9-5-12-10(15-13(16)19-12)6-11(9)18-7-8-3-1-2-4-17-8/h5-6,8H,1-4,7,14H2,(H,15,16). The molecule has 3 rings (SSSR count). The maximum atomic E-state index is 11.1. The van der Waals surface area contributed by atoms with Crippen molar-refractivity contribution in [2.45, 2.75) is 25.4 Å². The summed E-state index contributed by atoms with van der Waals surface area (Å²) in [4.78, 5) is 13.7. The largest absolute Gasteiger partial charge is 0.489 e. The SMILES string of the molecule is Nc1cc2oc(=O)[nH]c2cc1OCC1CCCCO1. The van der Waals surface area contributed by atoms with Crippen LogP contribution in [0.3, 0.4) is 0 Å². The average molecular weight is 264 g/mol. The minimum atomic E-state index is -0.498. The Bertz CT molecular complexity index is 625. The molecular formula is C13H16N2O4. The number of ether oxygens (including phenoxy) is 2. The van der Waals surface area contributed by atoms with E-state index in [4.69, 9.17) is 19.6 Å². The molecule has 19 heavy (non-hydrogen) atoms. The quantitative estimate of drug-likeness (QED) is 0.822. The topological polar surface area (TPSA) is 90.5 Å². The molecular weight excluding hydrogens is 248 g/mol. The number of anilines is 1. The van der Waals surface area contributed by atoms with Gasteiger partial charge in [-0.3, -0.25) is 4.98 Å². The van der Waals surface area contributed by atoms with E-state index in [9.17, 15) is 4.79 Å². The number of nitrogens with one attached hydrogen (secondary N) is 1. The Kier molecular flexibility index (Phi) is 3.16. The predicted octanol–water partition coefficient (Wildman–Crippen LogP) is 1.65. The molecule has 1 saturated heterocycles. The highest BCUT2D eigenvalue weighted by molar-refractivity contribution is 5.80. The van der Waals surface area contributed by atoms with Gasteiger partial charge in [-0.15, -0.1) is 0 Å². The Morgan fingerprint density at radius 1 is 1.42 bits per heavy atom. The molecule has 0 spiro atoms. The van der Waals surface area contributed by atoms with E-state index in [-0.39, 0.29) is 6.10 Å². The van der Waals surface area contributed by atoms with Crippen LogP contribution in [0.15, 0.2) is 21.3 Å². The zero-order valence-corrected chi connectivity index (χ0v) is 10.5. The number of oxazole rings is 1. The first-order valence-corrected chi connectivity index (χ1v) is 6.39. The van der Waals surface area contributed by atoms with Gasteiger partial charge in [-0.05, 0) is 19.3 Å². The van der Waals surface area contributed by atoms with Crippen LogP contribution in [0.5, 0.6) is 5.75 Å². The molecule has 0 saturated carbocycles. The lowest BCUT2D eigenvalue weighted by Crippen LogP contribution is -2.25. The number of hydrogen-bond donors (Lipinski definition) is 2. The maximum Gasteiger partial charge on any atom is 0.417 e. The molecule has 6 heteroatoms. The smallest absolute Gasteiger partial charge is 0.417 e. The van der Waals surface area contributed by atoms with Gasteiger partial charge in [0.15, 0.2) is 5.58 Å². The van der Waals surface area contributed by atoms with Crippen molar-refractivity contribution >= 4 is 16.8 Å². The molecule has 1 aromatic heterocycles. The van der Waals surface area contributed by atoms with Crippen molar-refractivity contribution in [3.8, 4) is 5.75 Å². The molecule has 1 aliphatic heterocycles. The Morgan fingerprint density at radius 2 is 2.32 bits per heavy atom. The molecule has 0 bridgehead atoms. The molecule has 2 heterocycles. The molecule has 0 amide bonds. The van der Waals surface area contributed by atoms with Gasteiger partial charge < -0.3 is 19.6 Å². The average Bonchev–Trinajstić information content (AvgIpc) is 2.76. The first kappa shape index (κ1) is 12.1. The van der Waals surface area contributed by atoms with Crippen molar-refractivity contribution < 1.29 is 13.9 Å². The van der Waals surface area contributed by atoms with E-state index in [0.717, 1.165) is 25.9 Å². The Labute approximate surface area is 109 Å². The zero-order valence-electron chi connectivity index (χ0n) is 10.5. The summed E-state index contributed by atoms with van der Waals surface area (Å²) in [6.45, 7) is 1.26. The van der Waals surface area contributed by atoms with Crippen LogP contribution < -0.4 is 16.2 Å². The van der Waals surface area contributed by atoms with Gasteiger partial charge in [-0.1, -0.05) is 0 Å². The molecule has 1 unspecified atom stereocenters. The van der Waals surface area contributed by atoms with Crippen LogP contribution in [0.2, 0.25) is 0 Å². The fourth-order valence-corrected chi connectivity index (χ4v) is 2.24. The second-order valence-electron chi connectivity index (χ2n) is 4.70. The second kappa shape index (κ2) is 4.97. The molecule has 1 aromatic carbocycles. The summed E-state index contributed by atoms with van der Waals surface area (Å²) in [6, 6.07) is 3.27. The fourth-order valence-electron chi connectivity index (χ4n) is 2.24. The van der Waals surface area contributed by atoms with Crippen LogP contribution in [0, 0.1) is 0 Å². The van der Waals surface area contributed by atoms with Crippen molar-refractivity contribution in [3.63, 3.8) is 0 Å². The monoisotopic (exact) mass is 264 g/mol. The first-order valence-electron chi connectivity index (χ1n) is 6.39. The normalized spacial score (nSPS) is 19.7. The lowest BCUT2D eigenvalue weighted by molar-refractivity contribution is -0.0109. The summed E-state index contributed by atoms with van der Waals surface area (Å²) >= 11 is 0. The van der Waals surface area contributed by atoms with E-state index in [1.807, 2.05) is 0 Å². The van der Waals surface area contributed by atoms with Crippen molar-refractivity contribution in [1.82, 2.24) is 4.98 Å². The molecule has 1 atom stereocenters. The van der Waals surface area contributed by atoms with Gasteiger partial charge in [-0.25, -0.2) is 4.79 Å². The summed E-state index contributed by atoms with van der Waals surface area (Å²) in [6.07, 6.45) is 3.40. The van der Waals surface area contributed by atoms with Gasteiger partial charge in [0.2, 0.25) is 0 Å². The maximum absolute atomic E-state index is 11.1. The van der Waals surface area contributed by atoms with Crippen LogP contribution in [-0.2, 0) is 4.74 Å². The summed E-state index contributed by atoms with van der Waals surface area (Å²) in [5, 5.41) is 0. The lowest BCUT2D eigenvalue weighted by atomic mass is 10.1. The fraction of sp³-hybridized carbons (Fsp3) is 0.462. The summed E-state index contributed by atoms with van der Waals surface area (Å²) in [5.41, 5.74) is 7.34. The molecule has 0 aliphatic carbocycles. The summed E-state index contributed by atoms with van der Waals surface area (Å²) < 4.78 is 16.2. The highest BCUT2D eigenvalue weighted by Gasteiger charge is 2.15. The number of H-pyrrole nitrogens is 1. The van der Waals surface area contributed by atoms with E-state index in [1.54, 1.807) is 12.1 Å². The van der Waals surface area contributed by atoms with E-state index < -0.39 is 5.76 Å². The van der Waals surface area contributed by atoms with Crippen molar-refractivity contribution in [1.29, 1.82) is 0 Å². The van der Waals surface area contributed by atoms with Crippen molar-refractivity contribution in [2.24, 2.45) is 0 Å². The van der Waals surface area contributed by atoms with Gasteiger partial charge in [-0.2, -0.15) is 0 Å². The van der Waals surface area contributed by atoms with E-state index in [0.29, 0.717) is 29.1 Å². The second-order valence-corrected chi connectivity index (χ2v) is 4.70. The van der Waals surface area contributed by atoms with Crippen molar-refractivity contribution in [3.05, 3.63) is 22.7 Å². The van der Waals surface area contributed by atoms with Crippen LogP contribution in [0.1, 0.15) is 19.3 Å². The van der Waals surface area contributed by atoms with E-state index >= 15 is 0 Å². The van der Waals surface area contributed by atoms with Crippen LogP contribution in [0.25, 0.3) is 11.1 Å². The number of nitrogen functional groups attached to an aromatic ring is 1. The highest BCUT2D eigenvalue weighted by Crippen LogP contribution is 2.27. The number of hydrogen-bond acceptors (Lipinski definition) is 5. The minimum Gasteiger partial charge on any atom is -0.489 e.